The van der Waals surface area contributed by atoms with Crippen LogP contribution in [0, 0.1) is 0 Å². The van der Waals surface area contributed by atoms with Gasteiger partial charge in [0.2, 0.25) is 8.32 Å². The molecule has 0 aliphatic heterocycles. The Morgan fingerprint density at radius 1 is 1.00 bits per heavy atom. The van der Waals surface area contributed by atoms with Gasteiger partial charge in [-0.25, -0.2) is 0 Å². The standard InChI is InChI=1S/C9H14OSi.2CH4/c1-10-11(2,3)9-7-5-4-6-8-9;;/h4-8H,1-3H3;2*1H4. The summed E-state index contributed by atoms with van der Waals surface area (Å²) < 4.78 is 5.46. The van der Waals surface area contributed by atoms with Crippen molar-refractivity contribution in [1.82, 2.24) is 0 Å². The van der Waals surface area contributed by atoms with Crippen LogP contribution in [0.2, 0.25) is 13.1 Å². The monoisotopic (exact) mass is 198 g/mol. The molecule has 13 heavy (non-hydrogen) atoms. The molecule has 1 nitrogen and oxygen atoms in total. The lowest BCUT2D eigenvalue weighted by atomic mass is 10.4. The van der Waals surface area contributed by atoms with Crippen LogP contribution in [0.5, 0.6) is 0 Å². The van der Waals surface area contributed by atoms with Gasteiger partial charge in [0.25, 0.3) is 0 Å². The van der Waals surface area contributed by atoms with Gasteiger partial charge in [-0.1, -0.05) is 45.2 Å². The SMILES string of the molecule is C.C.CO[Si](C)(C)c1ccccc1. The van der Waals surface area contributed by atoms with Crippen LogP contribution < -0.4 is 5.19 Å². The molecule has 0 bridgehead atoms. The Balaban J connectivity index is 0. The fourth-order valence-electron chi connectivity index (χ4n) is 0.957. The van der Waals surface area contributed by atoms with E-state index in [4.69, 9.17) is 4.43 Å². The maximum Gasteiger partial charge on any atom is 0.217 e. The van der Waals surface area contributed by atoms with Crippen molar-refractivity contribution in [2.75, 3.05) is 7.11 Å². The summed E-state index contributed by atoms with van der Waals surface area (Å²) in [5.41, 5.74) is 0. The van der Waals surface area contributed by atoms with E-state index in [1.807, 2.05) is 6.07 Å². The van der Waals surface area contributed by atoms with Crippen molar-refractivity contribution in [3.63, 3.8) is 0 Å². The van der Waals surface area contributed by atoms with Crippen LogP contribution in [-0.2, 0) is 4.43 Å². The van der Waals surface area contributed by atoms with Gasteiger partial charge in [0, 0.05) is 7.11 Å². The van der Waals surface area contributed by atoms with E-state index >= 15 is 0 Å². The molecule has 0 spiro atoms. The van der Waals surface area contributed by atoms with Crippen molar-refractivity contribution < 1.29 is 4.43 Å². The van der Waals surface area contributed by atoms with Crippen molar-refractivity contribution in [2.24, 2.45) is 0 Å². The van der Waals surface area contributed by atoms with Crippen LogP contribution in [0.4, 0.5) is 0 Å². The molecule has 0 aromatic heterocycles. The molecular formula is C11H22OSi. The average molecular weight is 198 g/mol. The smallest absolute Gasteiger partial charge is 0.217 e. The number of benzene rings is 1. The lowest BCUT2D eigenvalue weighted by Crippen LogP contribution is -2.43. The van der Waals surface area contributed by atoms with Gasteiger partial charge >= 0.3 is 0 Å². The largest absolute Gasteiger partial charge is 0.416 e. The first kappa shape index (κ1) is 14.9. The highest BCUT2D eigenvalue weighted by Gasteiger charge is 2.22. The molecule has 1 aromatic rings. The minimum absolute atomic E-state index is 0. The quantitative estimate of drug-likeness (QED) is 0.664. The van der Waals surface area contributed by atoms with Crippen molar-refractivity contribution in [3.8, 4) is 0 Å². The Labute approximate surface area is 83.9 Å². The van der Waals surface area contributed by atoms with Gasteiger partial charge in [0.05, 0.1) is 0 Å². The fourth-order valence-corrected chi connectivity index (χ4v) is 2.19. The van der Waals surface area contributed by atoms with Crippen molar-refractivity contribution in [1.29, 1.82) is 0 Å². The third-order valence-electron chi connectivity index (χ3n) is 1.98. The fraction of sp³-hybridized carbons (Fsp3) is 0.455. The summed E-state index contributed by atoms with van der Waals surface area (Å²) >= 11 is 0. The lowest BCUT2D eigenvalue weighted by molar-refractivity contribution is 0.416. The third kappa shape index (κ3) is 3.74. The molecule has 0 aliphatic rings. The predicted octanol–water partition coefficient (Wildman–Crippen LogP) is 3.02. The zero-order valence-electron chi connectivity index (χ0n) is 7.29. The Kier molecular flexibility index (Phi) is 6.81. The zero-order valence-corrected chi connectivity index (χ0v) is 8.29. The van der Waals surface area contributed by atoms with Gasteiger partial charge in [-0.3, -0.25) is 0 Å². The number of rotatable bonds is 2. The minimum Gasteiger partial charge on any atom is -0.416 e. The van der Waals surface area contributed by atoms with Gasteiger partial charge < -0.3 is 4.43 Å². The first-order chi connectivity index (χ1) is 5.17. The molecule has 2 heteroatoms. The maximum atomic E-state index is 5.46. The van der Waals surface area contributed by atoms with Gasteiger partial charge in [-0.2, -0.15) is 0 Å². The highest BCUT2D eigenvalue weighted by Crippen LogP contribution is 2.02. The molecule has 0 atom stereocenters. The molecule has 0 aliphatic carbocycles. The maximum absolute atomic E-state index is 5.46. The molecule has 0 radical (unpaired) electrons. The van der Waals surface area contributed by atoms with E-state index < -0.39 is 8.32 Å². The molecule has 1 aromatic carbocycles. The summed E-state index contributed by atoms with van der Waals surface area (Å²) in [5, 5.41) is 1.35. The summed E-state index contributed by atoms with van der Waals surface area (Å²) in [4.78, 5) is 0. The van der Waals surface area contributed by atoms with Gasteiger partial charge in [-0.05, 0) is 18.3 Å². The van der Waals surface area contributed by atoms with Crippen LogP contribution in [-0.4, -0.2) is 15.4 Å². The topological polar surface area (TPSA) is 9.23 Å². The Bertz CT molecular complexity index is 219. The van der Waals surface area contributed by atoms with E-state index in [1.54, 1.807) is 7.11 Å². The molecule has 0 saturated heterocycles. The number of hydrogen-bond acceptors (Lipinski definition) is 1. The average Bonchev–Trinajstić information content (AvgIpc) is 2.06. The lowest BCUT2D eigenvalue weighted by Gasteiger charge is -2.19. The van der Waals surface area contributed by atoms with Gasteiger partial charge in [0.15, 0.2) is 0 Å². The van der Waals surface area contributed by atoms with E-state index in [-0.39, 0.29) is 14.9 Å². The van der Waals surface area contributed by atoms with Crippen molar-refractivity contribution in [2.45, 2.75) is 27.9 Å². The van der Waals surface area contributed by atoms with Crippen LogP contribution in [0.3, 0.4) is 0 Å². The normalized spacial score (nSPS) is 9.77. The Morgan fingerprint density at radius 3 is 1.85 bits per heavy atom. The summed E-state index contributed by atoms with van der Waals surface area (Å²) in [6.07, 6.45) is 0. The van der Waals surface area contributed by atoms with Crippen LogP contribution in [0.1, 0.15) is 14.9 Å². The summed E-state index contributed by atoms with van der Waals surface area (Å²) in [6.45, 7) is 4.39. The molecule has 0 fully saturated rings. The number of hydrogen-bond donors (Lipinski definition) is 0. The van der Waals surface area contributed by atoms with Crippen LogP contribution in [0.15, 0.2) is 30.3 Å². The molecule has 1 rings (SSSR count). The van der Waals surface area contributed by atoms with E-state index in [0.29, 0.717) is 0 Å². The van der Waals surface area contributed by atoms with Crippen molar-refractivity contribution in [3.05, 3.63) is 30.3 Å². The highest BCUT2D eigenvalue weighted by molar-refractivity contribution is 6.84. The first-order valence-corrected chi connectivity index (χ1v) is 6.68. The third-order valence-corrected chi connectivity index (χ3v) is 4.72. The van der Waals surface area contributed by atoms with E-state index in [1.165, 1.54) is 5.19 Å². The van der Waals surface area contributed by atoms with Crippen molar-refractivity contribution >= 4 is 13.5 Å². The Hall–Kier alpha value is -0.603. The minimum atomic E-state index is -1.55. The predicted molar refractivity (Wildman–Crippen MR) is 64.0 cm³/mol. The van der Waals surface area contributed by atoms with Crippen LogP contribution in [0.25, 0.3) is 0 Å². The second-order valence-corrected chi connectivity index (χ2v) is 7.09. The van der Waals surface area contributed by atoms with E-state index in [9.17, 15) is 0 Å². The zero-order chi connectivity index (χ0) is 8.32. The summed E-state index contributed by atoms with van der Waals surface area (Å²) in [6, 6.07) is 10.4. The summed E-state index contributed by atoms with van der Waals surface area (Å²) in [5.74, 6) is 0. The first-order valence-electron chi connectivity index (χ1n) is 3.77. The second-order valence-electron chi connectivity index (χ2n) is 3.08. The van der Waals surface area contributed by atoms with E-state index in [2.05, 4.69) is 37.4 Å². The molecule has 0 heterocycles. The molecule has 76 valence electrons. The molecule has 0 amide bonds. The molecule has 0 saturated carbocycles. The molecule has 0 unspecified atom stereocenters. The Morgan fingerprint density at radius 2 is 1.46 bits per heavy atom. The molecule has 0 N–H and O–H groups in total. The van der Waals surface area contributed by atoms with Gasteiger partial charge in [-0.15, -0.1) is 0 Å². The van der Waals surface area contributed by atoms with Crippen LogP contribution >= 0.6 is 0 Å². The van der Waals surface area contributed by atoms with E-state index in [0.717, 1.165) is 0 Å². The summed E-state index contributed by atoms with van der Waals surface area (Å²) in [7, 11) is 0.238. The molecular weight excluding hydrogens is 176 g/mol. The van der Waals surface area contributed by atoms with Gasteiger partial charge in [0.1, 0.15) is 0 Å². The highest BCUT2D eigenvalue weighted by atomic mass is 28.4. The second kappa shape index (κ2) is 5.94.